The molecule has 1 unspecified atom stereocenters. The Kier molecular flexibility index (Phi) is 2.73. The van der Waals surface area contributed by atoms with Crippen molar-refractivity contribution in [2.75, 3.05) is 0 Å². The molecule has 5 heteroatoms. The van der Waals surface area contributed by atoms with Crippen molar-refractivity contribution in [3.63, 3.8) is 0 Å². The minimum Gasteiger partial charge on any atom is -0.388 e. The highest BCUT2D eigenvalue weighted by Gasteiger charge is 2.11. The molecule has 0 spiro atoms. The topological polar surface area (TPSA) is 63.8 Å². The van der Waals surface area contributed by atoms with E-state index in [1.54, 1.807) is 30.2 Å². The molecule has 1 atom stereocenters. The molecule has 0 saturated carbocycles. The van der Waals surface area contributed by atoms with Crippen LogP contribution in [0.2, 0.25) is 0 Å². The Hall–Kier alpha value is -1.75. The van der Waals surface area contributed by atoms with Crippen LogP contribution in [0.25, 0.3) is 0 Å². The van der Waals surface area contributed by atoms with Gasteiger partial charge in [0.1, 0.15) is 12.2 Å². The van der Waals surface area contributed by atoms with Gasteiger partial charge in [0.2, 0.25) is 0 Å². The number of hydrogen-bond donors (Lipinski definition) is 1. The summed E-state index contributed by atoms with van der Waals surface area (Å²) in [5, 5.41) is 13.8. The van der Waals surface area contributed by atoms with Gasteiger partial charge in [0.05, 0.1) is 6.10 Å². The Labute approximate surface area is 87.4 Å². The van der Waals surface area contributed by atoms with Crippen molar-refractivity contribution in [1.29, 1.82) is 0 Å². The lowest BCUT2D eigenvalue weighted by molar-refractivity contribution is 0.174. The summed E-state index contributed by atoms with van der Waals surface area (Å²) in [5.41, 5.74) is 0.792. The summed E-state index contributed by atoms with van der Waals surface area (Å²) in [6, 6.07) is 3.64. The first-order valence-electron chi connectivity index (χ1n) is 4.68. The van der Waals surface area contributed by atoms with Crippen LogP contribution in [0.4, 0.5) is 0 Å². The molecule has 0 amide bonds. The molecule has 0 aliphatic rings. The van der Waals surface area contributed by atoms with E-state index in [9.17, 15) is 5.11 Å². The van der Waals surface area contributed by atoms with Crippen molar-refractivity contribution in [2.45, 2.75) is 12.5 Å². The summed E-state index contributed by atoms with van der Waals surface area (Å²) in [7, 11) is 1.80. The molecule has 0 aliphatic heterocycles. The quantitative estimate of drug-likeness (QED) is 0.790. The molecule has 2 aromatic rings. The number of rotatable bonds is 3. The number of pyridine rings is 1. The predicted octanol–water partition coefficient (Wildman–Crippen LogP) is 0.486. The van der Waals surface area contributed by atoms with Crippen LogP contribution in [-0.2, 0) is 13.5 Å². The summed E-state index contributed by atoms with van der Waals surface area (Å²) in [4.78, 5) is 8.01. The second kappa shape index (κ2) is 4.18. The molecule has 2 aromatic heterocycles. The van der Waals surface area contributed by atoms with Gasteiger partial charge in [-0.25, -0.2) is 4.98 Å². The van der Waals surface area contributed by atoms with Gasteiger partial charge < -0.3 is 5.11 Å². The fourth-order valence-electron chi connectivity index (χ4n) is 1.37. The van der Waals surface area contributed by atoms with Gasteiger partial charge in [-0.1, -0.05) is 6.07 Å². The lowest BCUT2D eigenvalue weighted by atomic mass is 10.1. The lowest BCUT2D eigenvalue weighted by Crippen LogP contribution is -2.07. The SMILES string of the molecule is Cn1ncnc1CC(O)c1cccnc1. The van der Waals surface area contributed by atoms with Gasteiger partial charge in [-0.3, -0.25) is 9.67 Å². The van der Waals surface area contributed by atoms with Crippen LogP contribution in [0.1, 0.15) is 17.5 Å². The predicted molar refractivity (Wildman–Crippen MR) is 53.9 cm³/mol. The summed E-state index contributed by atoms with van der Waals surface area (Å²) in [6.07, 6.45) is 4.68. The maximum Gasteiger partial charge on any atom is 0.138 e. The number of aryl methyl sites for hydroxylation is 1. The number of hydrogen-bond acceptors (Lipinski definition) is 4. The zero-order valence-electron chi connectivity index (χ0n) is 8.41. The molecule has 0 bridgehead atoms. The van der Waals surface area contributed by atoms with E-state index in [0.29, 0.717) is 6.42 Å². The van der Waals surface area contributed by atoms with Gasteiger partial charge >= 0.3 is 0 Å². The van der Waals surface area contributed by atoms with Gasteiger partial charge in [-0.05, 0) is 11.6 Å². The molecule has 15 heavy (non-hydrogen) atoms. The zero-order valence-corrected chi connectivity index (χ0v) is 8.41. The number of aliphatic hydroxyl groups excluding tert-OH is 1. The Morgan fingerprint density at radius 2 is 2.40 bits per heavy atom. The van der Waals surface area contributed by atoms with E-state index >= 15 is 0 Å². The number of aliphatic hydroxyl groups is 1. The maximum absolute atomic E-state index is 9.90. The van der Waals surface area contributed by atoms with E-state index in [1.807, 2.05) is 6.07 Å². The average Bonchev–Trinajstić information content (AvgIpc) is 2.66. The van der Waals surface area contributed by atoms with Crippen molar-refractivity contribution >= 4 is 0 Å². The maximum atomic E-state index is 9.90. The van der Waals surface area contributed by atoms with E-state index in [0.717, 1.165) is 11.4 Å². The van der Waals surface area contributed by atoms with Crippen LogP contribution in [0.5, 0.6) is 0 Å². The third-order valence-corrected chi connectivity index (χ3v) is 2.25. The average molecular weight is 204 g/mol. The molecular weight excluding hydrogens is 192 g/mol. The van der Waals surface area contributed by atoms with Gasteiger partial charge in [-0.15, -0.1) is 0 Å². The minimum atomic E-state index is -0.582. The monoisotopic (exact) mass is 204 g/mol. The standard InChI is InChI=1S/C10H12N4O/c1-14-10(12-7-13-14)5-9(15)8-3-2-4-11-6-8/h2-4,6-7,9,15H,5H2,1H3. The molecule has 0 fully saturated rings. The largest absolute Gasteiger partial charge is 0.388 e. The van der Waals surface area contributed by atoms with Crippen molar-refractivity contribution in [3.05, 3.63) is 42.2 Å². The van der Waals surface area contributed by atoms with E-state index in [-0.39, 0.29) is 0 Å². The summed E-state index contributed by atoms with van der Waals surface area (Å²) < 4.78 is 1.65. The Morgan fingerprint density at radius 1 is 1.53 bits per heavy atom. The molecule has 78 valence electrons. The normalized spacial score (nSPS) is 12.7. The van der Waals surface area contributed by atoms with E-state index < -0.39 is 6.10 Å². The molecule has 0 saturated heterocycles. The van der Waals surface area contributed by atoms with Crippen molar-refractivity contribution in [2.24, 2.45) is 7.05 Å². The first-order valence-corrected chi connectivity index (χ1v) is 4.68. The van der Waals surface area contributed by atoms with Gasteiger partial charge in [0, 0.05) is 25.9 Å². The van der Waals surface area contributed by atoms with Gasteiger partial charge in [0.25, 0.3) is 0 Å². The van der Waals surface area contributed by atoms with E-state index in [1.165, 1.54) is 6.33 Å². The van der Waals surface area contributed by atoms with Crippen LogP contribution in [0.15, 0.2) is 30.9 Å². The zero-order chi connectivity index (χ0) is 10.7. The van der Waals surface area contributed by atoms with Crippen molar-refractivity contribution in [3.8, 4) is 0 Å². The van der Waals surface area contributed by atoms with Crippen LogP contribution in [-0.4, -0.2) is 24.9 Å². The van der Waals surface area contributed by atoms with E-state index in [4.69, 9.17) is 0 Å². The minimum absolute atomic E-state index is 0.447. The second-order valence-corrected chi connectivity index (χ2v) is 3.31. The van der Waals surface area contributed by atoms with E-state index in [2.05, 4.69) is 15.1 Å². The smallest absolute Gasteiger partial charge is 0.138 e. The van der Waals surface area contributed by atoms with Crippen molar-refractivity contribution in [1.82, 2.24) is 19.7 Å². The summed E-state index contributed by atoms with van der Waals surface area (Å²) in [6.45, 7) is 0. The molecule has 1 N–H and O–H groups in total. The fourth-order valence-corrected chi connectivity index (χ4v) is 1.37. The highest BCUT2D eigenvalue weighted by atomic mass is 16.3. The summed E-state index contributed by atoms with van der Waals surface area (Å²) in [5.74, 6) is 0.756. The highest BCUT2D eigenvalue weighted by Crippen LogP contribution is 2.14. The number of nitrogens with zero attached hydrogens (tertiary/aromatic N) is 4. The van der Waals surface area contributed by atoms with Crippen LogP contribution >= 0.6 is 0 Å². The molecule has 0 aromatic carbocycles. The fraction of sp³-hybridized carbons (Fsp3) is 0.300. The lowest BCUT2D eigenvalue weighted by Gasteiger charge is -2.09. The Morgan fingerprint density at radius 3 is 3.00 bits per heavy atom. The van der Waals surface area contributed by atoms with Crippen LogP contribution in [0, 0.1) is 0 Å². The van der Waals surface area contributed by atoms with Gasteiger partial charge in [-0.2, -0.15) is 5.10 Å². The highest BCUT2D eigenvalue weighted by molar-refractivity contribution is 5.13. The van der Waals surface area contributed by atoms with Crippen LogP contribution in [0.3, 0.4) is 0 Å². The Bertz CT molecular complexity index is 426. The third kappa shape index (κ3) is 2.19. The van der Waals surface area contributed by atoms with Gasteiger partial charge in [0.15, 0.2) is 0 Å². The Balaban J connectivity index is 2.11. The number of aromatic nitrogens is 4. The molecule has 2 rings (SSSR count). The molecule has 5 nitrogen and oxygen atoms in total. The first-order chi connectivity index (χ1) is 7.27. The molecular formula is C10H12N4O. The second-order valence-electron chi connectivity index (χ2n) is 3.31. The first kappa shape index (κ1) is 9.79. The molecule has 0 radical (unpaired) electrons. The third-order valence-electron chi connectivity index (χ3n) is 2.25. The van der Waals surface area contributed by atoms with Crippen LogP contribution < -0.4 is 0 Å². The summed E-state index contributed by atoms with van der Waals surface area (Å²) >= 11 is 0. The molecule has 2 heterocycles. The van der Waals surface area contributed by atoms with Crippen molar-refractivity contribution < 1.29 is 5.11 Å². The molecule has 0 aliphatic carbocycles.